The lowest BCUT2D eigenvalue weighted by Gasteiger charge is -2.09. The third kappa shape index (κ3) is 2.84. The van der Waals surface area contributed by atoms with Crippen molar-refractivity contribution in [1.29, 1.82) is 0 Å². The van der Waals surface area contributed by atoms with Gasteiger partial charge in [-0.2, -0.15) is 5.10 Å². The van der Waals surface area contributed by atoms with E-state index in [1.807, 2.05) is 26.0 Å². The van der Waals surface area contributed by atoms with E-state index in [1.54, 1.807) is 6.07 Å². The quantitative estimate of drug-likeness (QED) is 0.937. The van der Waals surface area contributed by atoms with Gasteiger partial charge in [0, 0.05) is 18.9 Å². The summed E-state index contributed by atoms with van der Waals surface area (Å²) in [5, 5.41) is 6.25. The zero-order valence-corrected chi connectivity index (χ0v) is 11.4. The van der Waals surface area contributed by atoms with E-state index in [2.05, 4.69) is 10.4 Å². The molecule has 2 aromatic rings. The highest BCUT2D eigenvalue weighted by molar-refractivity contribution is 6.05. The molecular formula is C14H15F2N3O. The Hall–Kier alpha value is -2.24. The summed E-state index contributed by atoms with van der Waals surface area (Å²) in [6.45, 7) is 3.79. The molecule has 6 heteroatoms. The summed E-state index contributed by atoms with van der Waals surface area (Å²) in [6, 6.07) is 5.51. The van der Waals surface area contributed by atoms with E-state index in [9.17, 15) is 13.6 Å². The number of halogens is 2. The molecule has 0 aliphatic carbocycles. The van der Waals surface area contributed by atoms with Gasteiger partial charge in [-0.05, 0) is 25.5 Å². The van der Waals surface area contributed by atoms with Crippen molar-refractivity contribution in [3.05, 3.63) is 46.8 Å². The van der Waals surface area contributed by atoms with Crippen LogP contribution in [0.5, 0.6) is 0 Å². The number of carbonyl (C=O) groups is 1. The lowest BCUT2D eigenvalue weighted by atomic mass is 10.1. The number of amides is 1. The zero-order chi connectivity index (χ0) is 14.9. The van der Waals surface area contributed by atoms with E-state index in [-0.39, 0.29) is 5.56 Å². The highest BCUT2D eigenvalue weighted by atomic mass is 19.3. The number of anilines is 1. The normalized spacial score (nSPS) is 10.9. The van der Waals surface area contributed by atoms with Gasteiger partial charge in [-0.3, -0.25) is 9.48 Å². The van der Waals surface area contributed by atoms with Crippen LogP contribution in [-0.4, -0.2) is 15.7 Å². The number of nitrogens with zero attached hydrogens (tertiary/aromatic N) is 2. The molecule has 1 aromatic heterocycles. The number of alkyl halides is 2. The molecule has 1 amide bonds. The maximum atomic E-state index is 12.8. The molecule has 0 aliphatic rings. The molecule has 0 saturated heterocycles. The summed E-state index contributed by atoms with van der Waals surface area (Å²) in [5.41, 5.74) is 1.93. The van der Waals surface area contributed by atoms with Crippen molar-refractivity contribution >= 4 is 11.6 Å². The largest absolute Gasteiger partial charge is 0.322 e. The van der Waals surface area contributed by atoms with E-state index in [1.165, 1.54) is 17.9 Å². The van der Waals surface area contributed by atoms with Gasteiger partial charge >= 0.3 is 0 Å². The molecule has 106 valence electrons. The molecule has 0 spiro atoms. The summed E-state index contributed by atoms with van der Waals surface area (Å²) >= 11 is 0. The van der Waals surface area contributed by atoms with Crippen LogP contribution in [0.1, 0.15) is 33.6 Å². The van der Waals surface area contributed by atoms with E-state index < -0.39 is 18.0 Å². The fraction of sp³-hybridized carbons (Fsp3) is 0.286. The first-order chi connectivity index (χ1) is 9.38. The van der Waals surface area contributed by atoms with Crippen LogP contribution in [0, 0.1) is 13.8 Å². The Labute approximate surface area is 115 Å². The molecule has 0 atom stereocenters. The van der Waals surface area contributed by atoms with Crippen molar-refractivity contribution in [1.82, 2.24) is 9.78 Å². The number of nitrogens with one attached hydrogen (secondary N) is 1. The average Bonchev–Trinajstić information content (AvgIpc) is 2.75. The van der Waals surface area contributed by atoms with E-state index >= 15 is 0 Å². The monoisotopic (exact) mass is 279 g/mol. The summed E-state index contributed by atoms with van der Waals surface area (Å²) in [6.07, 6.45) is -1.49. The van der Waals surface area contributed by atoms with Crippen molar-refractivity contribution in [2.45, 2.75) is 20.3 Å². The molecule has 0 fully saturated rings. The number of hydrogen-bond donors (Lipinski definition) is 1. The third-order valence-electron chi connectivity index (χ3n) is 2.94. The Morgan fingerprint density at radius 1 is 1.35 bits per heavy atom. The second-order valence-electron chi connectivity index (χ2n) is 4.67. The molecule has 1 N–H and O–H groups in total. The first-order valence-corrected chi connectivity index (χ1v) is 6.08. The highest BCUT2D eigenvalue weighted by Gasteiger charge is 2.22. The average molecular weight is 279 g/mol. The van der Waals surface area contributed by atoms with Crippen LogP contribution in [0.2, 0.25) is 0 Å². The lowest BCUT2D eigenvalue weighted by Crippen LogP contribution is -2.14. The predicted octanol–water partition coefficient (Wildman–Crippen LogP) is 3.23. The van der Waals surface area contributed by atoms with Crippen molar-refractivity contribution < 1.29 is 13.6 Å². The standard InChI is InChI=1S/C14H15F2N3O/c1-8-4-5-11(9(2)6-8)17-14(20)10-7-19(3)18-12(10)13(15)16/h4-7,13H,1-3H3,(H,17,20). The van der Waals surface area contributed by atoms with Gasteiger partial charge in [0.25, 0.3) is 12.3 Å². The minimum atomic E-state index is -2.78. The number of aryl methyl sites for hydroxylation is 3. The molecule has 4 nitrogen and oxygen atoms in total. The molecule has 0 unspecified atom stereocenters. The third-order valence-corrected chi connectivity index (χ3v) is 2.94. The lowest BCUT2D eigenvalue weighted by molar-refractivity contribution is 0.101. The molecular weight excluding hydrogens is 264 g/mol. The molecule has 0 bridgehead atoms. The smallest absolute Gasteiger partial charge is 0.282 e. The van der Waals surface area contributed by atoms with Gasteiger partial charge < -0.3 is 5.32 Å². The fourth-order valence-corrected chi connectivity index (χ4v) is 1.99. The van der Waals surface area contributed by atoms with Crippen molar-refractivity contribution in [2.24, 2.45) is 7.05 Å². The Balaban J connectivity index is 2.28. The first-order valence-electron chi connectivity index (χ1n) is 6.08. The predicted molar refractivity (Wildman–Crippen MR) is 72.0 cm³/mol. The summed E-state index contributed by atoms with van der Waals surface area (Å²) in [5.74, 6) is -0.583. The van der Waals surface area contributed by atoms with Crippen molar-refractivity contribution in [2.75, 3.05) is 5.32 Å². The van der Waals surface area contributed by atoms with E-state index in [4.69, 9.17) is 0 Å². The second-order valence-corrected chi connectivity index (χ2v) is 4.67. The number of carbonyl (C=O) groups excluding carboxylic acids is 1. The summed E-state index contributed by atoms with van der Waals surface area (Å²) < 4.78 is 26.8. The molecule has 1 heterocycles. The highest BCUT2D eigenvalue weighted by Crippen LogP contribution is 2.23. The second kappa shape index (κ2) is 5.40. The molecule has 20 heavy (non-hydrogen) atoms. The van der Waals surface area contributed by atoms with Gasteiger partial charge in [-0.15, -0.1) is 0 Å². The van der Waals surface area contributed by atoms with Gasteiger partial charge in [0.05, 0.1) is 5.56 Å². The number of aromatic nitrogens is 2. The summed E-state index contributed by atoms with van der Waals surface area (Å²) in [4.78, 5) is 12.1. The van der Waals surface area contributed by atoms with Crippen molar-refractivity contribution in [3.8, 4) is 0 Å². The molecule has 0 radical (unpaired) electrons. The number of benzene rings is 1. The fourth-order valence-electron chi connectivity index (χ4n) is 1.99. The molecule has 0 aliphatic heterocycles. The molecule has 1 aromatic carbocycles. The Kier molecular flexibility index (Phi) is 3.83. The Bertz CT molecular complexity index is 650. The van der Waals surface area contributed by atoms with Crippen LogP contribution in [0.4, 0.5) is 14.5 Å². The molecule has 2 rings (SSSR count). The van der Waals surface area contributed by atoms with E-state index in [0.29, 0.717) is 5.69 Å². The van der Waals surface area contributed by atoms with Gasteiger partial charge in [-0.25, -0.2) is 8.78 Å². The van der Waals surface area contributed by atoms with Crippen LogP contribution < -0.4 is 5.32 Å². The first kappa shape index (κ1) is 14.2. The van der Waals surface area contributed by atoms with Crippen LogP contribution in [0.15, 0.2) is 24.4 Å². The topological polar surface area (TPSA) is 46.9 Å². The van der Waals surface area contributed by atoms with Crippen LogP contribution >= 0.6 is 0 Å². The van der Waals surface area contributed by atoms with Crippen molar-refractivity contribution in [3.63, 3.8) is 0 Å². The number of rotatable bonds is 3. The number of hydrogen-bond acceptors (Lipinski definition) is 2. The van der Waals surface area contributed by atoms with Crippen LogP contribution in [0.3, 0.4) is 0 Å². The maximum absolute atomic E-state index is 12.8. The SMILES string of the molecule is Cc1ccc(NC(=O)c2cn(C)nc2C(F)F)c(C)c1. The Morgan fingerprint density at radius 2 is 2.05 bits per heavy atom. The minimum Gasteiger partial charge on any atom is -0.322 e. The van der Waals surface area contributed by atoms with Gasteiger partial charge in [0.15, 0.2) is 0 Å². The van der Waals surface area contributed by atoms with Gasteiger partial charge in [0.1, 0.15) is 5.69 Å². The maximum Gasteiger partial charge on any atom is 0.282 e. The summed E-state index contributed by atoms with van der Waals surface area (Å²) in [7, 11) is 1.50. The minimum absolute atomic E-state index is 0.109. The van der Waals surface area contributed by atoms with Gasteiger partial charge in [-0.1, -0.05) is 17.7 Å². The Morgan fingerprint density at radius 3 is 2.65 bits per heavy atom. The zero-order valence-electron chi connectivity index (χ0n) is 11.4. The van der Waals surface area contributed by atoms with Crippen LogP contribution in [0.25, 0.3) is 0 Å². The van der Waals surface area contributed by atoms with E-state index in [0.717, 1.165) is 11.1 Å². The van der Waals surface area contributed by atoms with Crippen LogP contribution in [-0.2, 0) is 7.05 Å². The molecule has 0 saturated carbocycles. The van der Waals surface area contributed by atoms with Gasteiger partial charge in [0.2, 0.25) is 0 Å².